The maximum atomic E-state index is 13.3. The van der Waals surface area contributed by atoms with E-state index in [-0.39, 0.29) is 5.82 Å². The van der Waals surface area contributed by atoms with Gasteiger partial charge < -0.3 is 5.32 Å². The van der Waals surface area contributed by atoms with Gasteiger partial charge in [-0.2, -0.15) is 0 Å². The molecular formula is C13H18FN. The van der Waals surface area contributed by atoms with E-state index < -0.39 is 0 Å². The van der Waals surface area contributed by atoms with Crippen LogP contribution in [-0.4, -0.2) is 6.04 Å². The van der Waals surface area contributed by atoms with E-state index in [1.54, 1.807) is 13.0 Å². The van der Waals surface area contributed by atoms with Crippen molar-refractivity contribution in [3.63, 3.8) is 0 Å². The second-order valence-corrected chi connectivity index (χ2v) is 4.46. The van der Waals surface area contributed by atoms with Crippen molar-refractivity contribution in [1.29, 1.82) is 0 Å². The van der Waals surface area contributed by atoms with Gasteiger partial charge >= 0.3 is 0 Å². The number of hydrogen-bond donors (Lipinski definition) is 1. The van der Waals surface area contributed by atoms with Crippen LogP contribution in [0.5, 0.6) is 0 Å². The first-order valence-corrected chi connectivity index (χ1v) is 5.73. The van der Waals surface area contributed by atoms with E-state index in [9.17, 15) is 4.39 Å². The number of aryl methyl sites for hydroxylation is 1. The molecule has 0 amide bonds. The fourth-order valence-electron chi connectivity index (χ4n) is 1.95. The average Bonchev–Trinajstić information content (AvgIpc) is 3.03. The minimum atomic E-state index is -0.120. The summed E-state index contributed by atoms with van der Waals surface area (Å²) in [6.45, 7) is 3.97. The van der Waals surface area contributed by atoms with E-state index in [1.807, 2.05) is 12.1 Å². The number of anilines is 1. The molecule has 0 saturated heterocycles. The Balaban J connectivity index is 2.05. The molecule has 1 aliphatic rings. The highest BCUT2D eigenvalue weighted by molar-refractivity contribution is 5.46. The van der Waals surface area contributed by atoms with Crippen LogP contribution >= 0.6 is 0 Å². The van der Waals surface area contributed by atoms with Crippen LogP contribution in [0.4, 0.5) is 10.1 Å². The first kappa shape index (κ1) is 10.5. The normalized spacial score (nSPS) is 17.5. The maximum Gasteiger partial charge on any atom is 0.128 e. The Morgan fingerprint density at radius 3 is 2.73 bits per heavy atom. The molecule has 1 nitrogen and oxygen atoms in total. The van der Waals surface area contributed by atoms with E-state index in [2.05, 4.69) is 12.2 Å². The summed E-state index contributed by atoms with van der Waals surface area (Å²) in [6.07, 6.45) is 3.75. The molecule has 1 aliphatic carbocycles. The summed E-state index contributed by atoms with van der Waals surface area (Å²) >= 11 is 0. The Bertz CT molecular complexity index is 344. The zero-order valence-corrected chi connectivity index (χ0v) is 9.39. The van der Waals surface area contributed by atoms with Gasteiger partial charge in [0.1, 0.15) is 5.82 Å². The lowest BCUT2D eigenvalue weighted by atomic mass is 10.1. The first-order valence-electron chi connectivity index (χ1n) is 5.73. The highest BCUT2D eigenvalue weighted by Crippen LogP contribution is 2.35. The van der Waals surface area contributed by atoms with Crippen LogP contribution in [0.1, 0.15) is 31.7 Å². The van der Waals surface area contributed by atoms with Crippen molar-refractivity contribution in [3.05, 3.63) is 29.6 Å². The van der Waals surface area contributed by atoms with Crippen LogP contribution in [-0.2, 0) is 0 Å². The summed E-state index contributed by atoms with van der Waals surface area (Å²) in [4.78, 5) is 0. The largest absolute Gasteiger partial charge is 0.382 e. The van der Waals surface area contributed by atoms with Crippen LogP contribution in [0.25, 0.3) is 0 Å². The lowest BCUT2D eigenvalue weighted by molar-refractivity contribution is 0.607. The molecule has 2 heteroatoms. The third-order valence-corrected chi connectivity index (χ3v) is 3.15. The van der Waals surface area contributed by atoms with Crippen LogP contribution in [0.3, 0.4) is 0 Å². The molecule has 1 atom stereocenters. The third-order valence-electron chi connectivity index (χ3n) is 3.15. The quantitative estimate of drug-likeness (QED) is 0.793. The van der Waals surface area contributed by atoms with Crippen molar-refractivity contribution in [3.8, 4) is 0 Å². The minimum absolute atomic E-state index is 0.120. The summed E-state index contributed by atoms with van der Waals surface area (Å²) in [7, 11) is 0. The Morgan fingerprint density at radius 2 is 2.20 bits per heavy atom. The predicted octanol–water partition coefficient (Wildman–Crippen LogP) is 3.73. The van der Waals surface area contributed by atoms with Crippen LogP contribution in [0.2, 0.25) is 0 Å². The van der Waals surface area contributed by atoms with Gasteiger partial charge in [-0.05, 0) is 49.8 Å². The van der Waals surface area contributed by atoms with Gasteiger partial charge in [-0.1, -0.05) is 13.0 Å². The summed E-state index contributed by atoms with van der Waals surface area (Å²) in [5, 5.41) is 3.42. The number of halogens is 1. The summed E-state index contributed by atoms with van der Waals surface area (Å²) < 4.78 is 13.3. The van der Waals surface area contributed by atoms with Crippen LogP contribution in [0.15, 0.2) is 18.2 Å². The zero-order valence-electron chi connectivity index (χ0n) is 9.39. The lowest BCUT2D eigenvalue weighted by Gasteiger charge is -2.17. The molecule has 0 aromatic heterocycles. The van der Waals surface area contributed by atoms with Crippen molar-refractivity contribution >= 4 is 5.69 Å². The number of rotatable bonds is 4. The molecule has 0 bridgehead atoms. The van der Waals surface area contributed by atoms with Gasteiger partial charge in [0.2, 0.25) is 0 Å². The van der Waals surface area contributed by atoms with Gasteiger partial charge in [0.05, 0.1) is 0 Å². The van der Waals surface area contributed by atoms with Crippen molar-refractivity contribution < 1.29 is 4.39 Å². The fraction of sp³-hybridized carbons (Fsp3) is 0.538. The van der Waals surface area contributed by atoms with E-state index in [0.717, 1.165) is 18.0 Å². The van der Waals surface area contributed by atoms with Gasteiger partial charge in [0.25, 0.3) is 0 Å². The van der Waals surface area contributed by atoms with Gasteiger partial charge in [-0.3, -0.25) is 0 Å². The Kier molecular flexibility index (Phi) is 2.94. The zero-order chi connectivity index (χ0) is 10.8. The standard InChI is InChI=1S/C13H18FN/c1-3-13(10-5-6-10)15-11-7-4-9(2)12(14)8-11/h4,7-8,10,13,15H,3,5-6H2,1-2H3. The fourth-order valence-corrected chi connectivity index (χ4v) is 1.95. The molecule has 0 radical (unpaired) electrons. The molecule has 82 valence electrons. The number of benzene rings is 1. The molecule has 2 rings (SSSR count). The molecule has 1 aromatic carbocycles. The van der Waals surface area contributed by atoms with E-state index in [1.165, 1.54) is 12.8 Å². The van der Waals surface area contributed by atoms with Crippen LogP contribution in [0, 0.1) is 18.7 Å². The molecule has 1 saturated carbocycles. The van der Waals surface area contributed by atoms with Crippen molar-refractivity contribution in [2.24, 2.45) is 5.92 Å². The highest BCUT2D eigenvalue weighted by atomic mass is 19.1. The predicted molar refractivity (Wildman–Crippen MR) is 61.6 cm³/mol. The molecule has 1 aromatic rings. The van der Waals surface area contributed by atoms with Gasteiger partial charge in [-0.15, -0.1) is 0 Å². The summed E-state index contributed by atoms with van der Waals surface area (Å²) in [6, 6.07) is 5.91. The third kappa shape index (κ3) is 2.49. The molecule has 15 heavy (non-hydrogen) atoms. The molecule has 1 fully saturated rings. The van der Waals surface area contributed by atoms with Crippen molar-refractivity contribution in [2.45, 2.75) is 39.2 Å². The second-order valence-electron chi connectivity index (χ2n) is 4.46. The molecule has 0 aliphatic heterocycles. The van der Waals surface area contributed by atoms with Crippen LogP contribution < -0.4 is 5.32 Å². The summed E-state index contributed by atoms with van der Waals surface area (Å²) in [5.41, 5.74) is 1.62. The Hall–Kier alpha value is -1.05. The van der Waals surface area contributed by atoms with Gasteiger partial charge in [-0.25, -0.2) is 4.39 Å². The molecule has 0 heterocycles. The Labute approximate surface area is 90.7 Å². The van der Waals surface area contributed by atoms with Gasteiger partial charge in [0.15, 0.2) is 0 Å². The highest BCUT2D eigenvalue weighted by Gasteiger charge is 2.29. The van der Waals surface area contributed by atoms with E-state index in [0.29, 0.717) is 11.6 Å². The molecule has 1 N–H and O–H groups in total. The minimum Gasteiger partial charge on any atom is -0.382 e. The van der Waals surface area contributed by atoms with Gasteiger partial charge in [0, 0.05) is 11.7 Å². The van der Waals surface area contributed by atoms with Crippen molar-refractivity contribution in [1.82, 2.24) is 0 Å². The molecule has 1 unspecified atom stereocenters. The summed E-state index contributed by atoms with van der Waals surface area (Å²) in [5.74, 6) is 0.685. The molecular weight excluding hydrogens is 189 g/mol. The number of nitrogens with one attached hydrogen (secondary N) is 1. The SMILES string of the molecule is CCC(Nc1ccc(C)c(F)c1)C1CC1. The lowest BCUT2D eigenvalue weighted by Crippen LogP contribution is -2.20. The molecule has 0 spiro atoms. The Morgan fingerprint density at radius 1 is 1.47 bits per heavy atom. The second kappa shape index (κ2) is 4.21. The monoisotopic (exact) mass is 207 g/mol. The maximum absolute atomic E-state index is 13.3. The van der Waals surface area contributed by atoms with E-state index in [4.69, 9.17) is 0 Å². The first-order chi connectivity index (χ1) is 7.20. The smallest absolute Gasteiger partial charge is 0.128 e. The van der Waals surface area contributed by atoms with E-state index >= 15 is 0 Å². The number of hydrogen-bond acceptors (Lipinski definition) is 1. The average molecular weight is 207 g/mol. The topological polar surface area (TPSA) is 12.0 Å². The van der Waals surface area contributed by atoms with Crippen molar-refractivity contribution in [2.75, 3.05) is 5.32 Å².